The molecule has 1 aromatic heterocycles. The van der Waals surface area contributed by atoms with E-state index in [0.29, 0.717) is 6.54 Å². The molecule has 0 unspecified atom stereocenters. The largest absolute Gasteiger partial charge is 0.421 e. The van der Waals surface area contributed by atoms with Gasteiger partial charge in [0.1, 0.15) is 5.69 Å². The van der Waals surface area contributed by atoms with E-state index in [1.54, 1.807) is 0 Å². The Morgan fingerprint density at radius 2 is 1.91 bits per heavy atom. The van der Waals surface area contributed by atoms with E-state index < -0.39 is 0 Å². The zero-order valence-electron chi connectivity index (χ0n) is 13.6. The molecule has 6 nitrogen and oxygen atoms in total. The van der Waals surface area contributed by atoms with E-state index in [0.717, 1.165) is 17.3 Å². The van der Waals surface area contributed by atoms with Gasteiger partial charge in [0, 0.05) is 29.4 Å². The minimum atomic E-state index is -0.139. The summed E-state index contributed by atoms with van der Waals surface area (Å²) in [5.41, 5.74) is 1.66. The Bertz CT molecular complexity index is 624. The van der Waals surface area contributed by atoms with Gasteiger partial charge in [0.05, 0.1) is 26.5 Å². The van der Waals surface area contributed by atoms with Gasteiger partial charge in [-0.05, 0) is 24.3 Å². The third kappa shape index (κ3) is 4.14. The molecule has 0 radical (unpaired) electrons. The lowest BCUT2D eigenvalue weighted by Crippen LogP contribution is -2.26. The third-order valence-electron chi connectivity index (χ3n) is 3.47. The van der Waals surface area contributed by atoms with Gasteiger partial charge in [0.25, 0.3) is 0 Å². The first-order valence-corrected chi connectivity index (χ1v) is 7.29. The van der Waals surface area contributed by atoms with Crippen LogP contribution < -0.4 is 9.88 Å². The van der Waals surface area contributed by atoms with Crippen LogP contribution in [0.15, 0.2) is 46.9 Å². The number of anilines is 1. The summed E-state index contributed by atoms with van der Waals surface area (Å²) in [7, 11) is 3.87. The first-order chi connectivity index (χ1) is 10.4. The molecule has 0 aliphatic heterocycles. The summed E-state index contributed by atoms with van der Waals surface area (Å²) in [5, 5.41) is 21.1. The number of hydrogen-bond acceptors (Lipinski definition) is 4. The number of aliphatic hydroxyl groups excluding tert-OH is 1. The van der Waals surface area contributed by atoms with Crippen LogP contribution in [0.1, 0.15) is 13.8 Å². The van der Waals surface area contributed by atoms with Gasteiger partial charge in [0.2, 0.25) is 0 Å². The molecule has 2 rings (SSSR count). The monoisotopic (exact) mass is 302 g/mol. The first-order valence-electron chi connectivity index (χ1n) is 7.29. The molecule has 0 fully saturated rings. The molecular weight excluding hydrogens is 278 g/mol. The lowest BCUT2D eigenvalue weighted by atomic mass is 9.95. The minimum Gasteiger partial charge on any atom is -0.396 e. The molecule has 6 heteroatoms. The quantitative estimate of drug-likeness (QED) is 0.636. The number of aromatic nitrogens is 2. The van der Waals surface area contributed by atoms with Crippen molar-refractivity contribution in [1.29, 1.82) is 0 Å². The van der Waals surface area contributed by atoms with Crippen LogP contribution >= 0.6 is 0 Å². The van der Waals surface area contributed by atoms with Crippen molar-refractivity contribution in [2.45, 2.75) is 13.8 Å². The van der Waals surface area contributed by atoms with Crippen molar-refractivity contribution < 1.29 is 9.67 Å². The van der Waals surface area contributed by atoms with Crippen molar-refractivity contribution in [3.8, 4) is 0 Å². The van der Waals surface area contributed by atoms with Crippen LogP contribution in [0.25, 0.3) is 0 Å². The van der Waals surface area contributed by atoms with Gasteiger partial charge < -0.3 is 10.4 Å². The fourth-order valence-electron chi connectivity index (χ4n) is 1.87. The van der Waals surface area contributed by atoms with Crippen LogP contribution in [0.4, 0.5) is 17.3 Å². The molecule has 0 amide bonds. The lowest BCUT2D eigenvalue weighted by molar-refractivity contribution is -0.657. The predicted octanol–water partition coefficient (Wildman–Crippen LogP) is 2.70. The highest BCUT2D eigenvalue weighted by atomic mass is 16.3. The summed E-state index contributed by atoms with van der Waals surface area (Å²) in [6.07, 6.45) is 3.87. The Hall–Kier alpha value is -2.21. The number of aliphatic hydroxyl groups is 1. The maximum atomic E-state index is 9.25. The van der Waals surface area contributed by atoms with Crippen molar-refractivity contribution in [2.24, 2.45) is 29.7 Å². The maximum Gasteiger partial charge on any atom is 0.421 e. The van der Waals surface area contributed by atoms with Crippen LogP contribution in [-0.4, -0.2) is 22.8 Å². The highest BCUT2D eigenvalue weighted by Gasteiger charge is 2.15. The van der Waals surface area contributed by atoms with Crippen LogP contribution in [-0.2, 0) is 14.1 Å². The fraction of sp³-hybridized carbons (Fsp3) is 0.438. The van der Waals surface area contributed by atoms with Crippen LogP contribution in [0.3, 0.4) is 0 Å². The molecule has 2 N–H and O–H groups in total. The smallest absolute Gasteiger partial charge is 0.396 e. The summed E-state index contributed by atoms with van der Waals surface area (Å²) >= 11 is 0. The Morgan fingerprint density at radius 1 is 1.23 bits per heavy atom. The predicted molar refractivity (Wildman–Crippen MR) is 86.6 cm³/mol. The molecule has 22 heavy (non-hydrogen) atoms. The van der Waals surface area contributed by atoms with E-state index in [9.17, 15) is 5.11 Å². The molecule has 0 aliphatic rings. The van der Waals surface area contributed by atoms with Crippen LogP contribution in [0.5, 0.6) is 0 Å². The zero-order chi connectivity index (χ0) is 16.2. The number of azo groups is 1. The second kappa shape index (κ2) is 6.70. The number of benzene rings is 1. The molecule has 0 atom stereocenters. The van der Waals surface area contributed by atoms with E-state index in [1.807, 2.05) is 73.7 Å². The summed E-state index contributed by atoms with van der Waals surface area (Å²) < 4.78 is 3.83. The zero-order valence-corrected chi connectivity index (χ0v) is 13.6. The van der Waals surface area contributed by atoms with Crippen LogP contribution in [0, 0.1) is 5.41 Å². The minimum absolute atomic E-state index is 0.139. The summed E-state index contributed by atoms with van der Waals surface area (Å²) in [6.45, 7) is 4.90. The van der Waals surface area contributed by atoms with Gasteiger partial charge in [-0.2, -0.15) is 0 Å². The number of imidazole rings is 1. The molecular formula is C16H24N5O+. The number of hydrogen-bond donors (Lipinski definition) is 2. The van der Waals surface area contributed by atoms with Crippen molar-refractivity contribution in [2.75, 3.05) is 18.5 Å². The summed E-state index contributed by atoms with van der Waals surface area (Å²) in [4.78, 5) is 0. The first kappa shape index (κ1) is 16.2. The topological polar surface area (TPSA) is 65.8 Å². The van der Waals surface area contributed by atoms with Gasteiger partial charge in [0.15, 0.2) is 0 Å². The highest BCUT2D eigenvalue weighted by Crippen LogP contribution is 2.20. The van der Waals surface area contributed by atoms with Crippen molar-refractivity contribution >= 4 is 17.3 Å². The molecule has 0 aliphatic carbocycles. The standard InChI is InChI=1S/C16H23N5O/c1-16(2,12-22)11-17-13-5-7-14(8-6-13)18-19-15-20(3)9-10-21(15)4/h5-10,22H,11-12H2,1-4H3/p+1. The van der Waals surface area contributed by atoms with Gasteiger partial charge in [-0.25, -0.2) is 9.13 Å². The van der Waals surface area contributed by atoms with E-state index in [1.165, 1.54) is 0 Å². The second-order valence-electron chi connectivity index (χ2n) is 6.24. The van der Waals surface area contributed by atoms with Crippen molar-refractivity contribution in [1.82, 2.24) is 4.57 Å². The SMILES string of the molecule is Cn1cc[n+](C)c1/N=N/c1ccc(NCC(C)(C)CO)cc1. The molecule has 118 valence electrons. The Labute approximate surface area is 131 Å². The summed E-state index contributed by atoms with van der Waals surface area (Å²) in [5.74, 6) is 0.784. The molecule has 0 saturated carbocycles. The van der Waals surface area contributed by atoms with Gasteiger partial charge in [-0.1, -0.05) is 19.0 Å². The Balaban J connectivity index is 2.00. The molecule has 0 saturated heterocycles. The average Bonchev–Trinajstić information content (AvgIpc) is 2.83. The molecule has 0 spiro atoms. The lowest BCUT2D eigenvalue weighted by Gasteiger charge is -2.22. The van der Waals surface area contributed by atoms with Gasteiger partial charge in [-0.3, -0.25) is 0 Å². The van der Waals surface area contributed by atoms with E-state index in [2.05, 4.69) is 15.5 Å². The molecule has 2 aromatic rings. The van der Waals surface area contributed by atoms with E-state index >= 15 is 0 Å². The van der Waals surface area contributed by atoms with Crippen molar-refractivity contribution in [3.05, 3.63) is 36.7 Å². The normalized spacial score (nSPS) is 12.0. The Morgan fingerprint density at radius 3 is 2.45 bits per heavy atom. The van der Waals surface area contributed by atoms with E-state index in [4.69, 9.17) is 0 Å². The van der Waals surface area contributed by atoms with E-state index in [-0.39, 0.29) is 12.0 Å². The third-order valence-corrected chi connectivity index (χ3v) is 3.47. The number of nitrogens with zero attached hydrogens (tertiary/aromatic N) is 4. The number of rotatable bonds is 6. The van der Waals surface area contributed by atoms with Crippen molar-refractivity contribution in [3.63, 3.8) is 0 Å². The number of aryl methyl sites for hydroxylation is 2. The van der Waals surface area contributed by atoms with Crippen LogP contribution in [0.2, 0.25) is 0 Å². The average molecular weight is 302 g/mol. The summed E-state index contributed by atoms with van der Waals surface area (Å²) in [6, 6.07) is 7.76. The maximum absolute atomic E-state index is 9.25. The van der Waals surface area contributed by atoms with Gasteiger partial charge >= 0.3 is 5.95 Å². The highest BCUT2D eigenvalue weighted by molar-refractivity contribution is 5.50. The molecule has 0 bridgehead atoms. The fourth-order valence-corrected chi connectivity index (χ4v) is 1.87. The van der Waals surface area contributed by atoms with Gasteiger partial charge in [-0.15, -0.1) is 0 Å². The molecule has 1 aromatic carbocycles. The number of nitrogens with one attached hydrogen (secondary N) is 1. The Kier molecular flexibility index (Phi) is 4.92. The second-order valence-corrected chi connectivity index (χ2v) is 6.24. The molecule has 1 heterocycles.